The molecule has 1 aromatic rings. The molecule has 0 atom stereocenters. The van der Waals surface area contributed by atoms with Crippen molar-refractivity contribution in [2.45, 2.75) is 6.92 Å². The van der Waals surface area contributed by atoms with E-state index in [0.29, 0.717) is 37.6 Å². The van der Waals surface area contributed by atoms with Crippen molar-refractivity contribution in [3.8, 4) is 5.75 Å². The van der Waals surface area contributed by atoms with Crippen LogP contribution in [0.2, 0.25) is 0 Å². The Morgan fingerprint density at radius 1 is 1.32 bits per heavy atom. The van der Waals surface area contributed by atoms with E-state index in [1.54, 1.807) is 12.1 Å². The van der Waals surface area contributed by atoms with Crippen molar-refractivity contribution >= 4 is 15.9 Å². The third-order valence-electron chi connectivity index (χ3n) is 3.01. The molecule has 1 fully saturated rings. The highest BCUT2D eigenvalue weighted by Crippen LogP contribution is 2.26. The summed E-state index contributed by atoms with van der Waals surface area (Å²) in [5.74, 6) is 0.518. The molecule has 0 saturated carbocycles. The highest BCUT2D eigenvalue weighted by molar-refractivity contribution is 7.90. The summed E-state index contributed by atoms with van der Waals surface area (Å²) in [6.45, 7) is 4.20. The number of ether oxygens (including phenoxy) is 1. The summed E-state index contributed by atoms with van der Waals surface area (Å²) in [6, 6.07) is 5.39. The van der Waals surface area contributed by atoms with Crippen molar-refractivity contribution in [2.24, 2.45) is 0 Å². The molecule has 0 bridgehead atoms. The second kappa shape index (κ2) is 5.77. The lowest BCUT2D eigenvalue weighted by Crippen LogP contribution is -2.48. The number of anilines is 1. The van der Waals surface area contributed by atoms with E-state index < -0.39 is 10.2 Å². The summed E-state index contributed by atoms with van der Waals surface area (Å²) in [7, 11) is -2.00. The van der Waals surface area contributed by atoms with Crippen LogP contribution in [0, 0.1) is 6.92 Å². The van der Waals surface area contributed by atoms with Gasteiger partial charge < -0.3 is 10.1 Å². The van der Waals surface area contributed by atoms with Crippen LogP contribution in [-0.4, -0.2) is 46.0 Å². The van der Waals surface area contributed by atoms with Crippen LogP contribution in [0.1, 0.15) is 5.56 Å². The van der Waals surface area contributed by atoms with Gasteiger partial charge in [0.1, 0.15) is 5.75 Å². The van der Waals surface area contributed by atoms with Gasteiger partial charge in [0, 0.05) is 26.2 Å². The molecular formula is C12H19N3O3S. The van der Waals surface area contributed by atoms with Crippen LogP contribution >= 0.6 is 0 Å². The number of piperazine rings is 1. The number of hydrogen-bond acceptors (Lipinski definition) is 4. The molecule has 0 aliphatic carbocycles. The maximum absolute atomic E-state index is 12.3. The summed E-state index contributed by atoms with van der Waals surface area (Å²) in [6.07, 6.45) is 0. The van der Waals surface area contributed by atoms with E-state index in [9.17, 15) is 8.42 Å². The fraction of sp³-hybridized carbons (Fsp3) is 0.500. The van der Waals surface area contributed by atoms with Crippen molar-refractivity contribution in [2.75, 3.05) is 38.0 Å². The molecule has 19 heavy (non-hydrogen) atoms. The third kappa shape index (κ3) is 3.37. The van der Waals surface area contributed by atoms with Crippen LogP contribution in [0.5, 0.6) is 5.75 Å². The van der Waals surface area contributed by atoms with Gasteiger partial charge in [0.2, 0.25) is 0 Å². The lowest BCUT2D eigenvalue weighted by Gasteiger charge is -2.27. The number of aryl methyl sites for hydroxylation is 1. The number of rotatable bonds is 4. The van der Waals surface area contributed by atoms with Crippen LogP contribution in [-0.2, 0) is 10.2 Å². The smallest absolute Gasteiger partial charge is 0.301 e. The quantitative estimate of drug-likeness (QED) is 0.848. The molecule has 1 saturated heterocycles. The Morgan fingerprint density at radius 2 is 2.00 bits per heavy atom. The van der Waals surface area contributed by atoms with E-state index in [1.165, 1.54) is 11.4 Å². The fourth-order valence-corrected chi connectivity index (χ4v) is 3.22. The second-order valence-corrected chi connectivity index (χ2v) is 6.13. The molecule has 6 nitrogen and oxygen atoms in total. The van der Waals surface area contributed by atoms with E-state index in [2.05, 4.69) is 10.0 Å². The molecule has 1 aliphatic heterocycles. The van der Waals surface area contributed by atoms with Gasteiger partial charge >= 0.3 is 10.2 Å². The van der Waals surface area contributed by atoms with Gasteiger partial charge in [0.15, 0.2) is 0 Å². The summed E-state index contributed by atoms with van der Waals surface area (Å²) in [5.41, 5.74) is 1.44. The number of benzene rings is 1. The summed E-state index contributed by atoms with van der Waals surface area (Å²) < 4.78 is 33.7. The standard InChI is InChI=1S/C12H19N3O3S/c1-10-3-4-12(18-2)11(9-10)14-19(16,17)15-7-5-13-6-8-15/h3-4,9,13-14H,5-8H2,1-2H3. The van der Waals surface area contributed by atoms with Gasteiger partial charge in [-0.2, -0.15) is 12.7 Å². The number of hydrogen-bond donors (Lipinski definition) is 2. The maximum Gasteiger partial charge on any atom is 0.301 e. The minimum atomic E-state index is -3.52. The van der Waals surface area contributed by atoms with Crippen LogP contribution in [0.15, 0.2) is 18.2 Å². The first-order valence-electron chi connectivity index (χ1n) is 6.16. The Bertz CT molecular complexity index is 539. The van der Waals surface area contributed by atoms with E-state index >= 15 is 0 Å². The average molecular weight is 285 g/mol. The first kappa shape index (κ1) is 14.1. The normalized spacial score (nSPS) is 17.2. The topological polar surface area (TPSA) is 70.7 Å². The third-order valence-corrected chi connectivity index (χ3v) is 4.53. The first-order valence-corrected chi connectivity index (χ1v) is 7.60. The Morgan fingerprint density at radius 3 is 2.63 bits per heavy atom. The van der Waals surface area contributed by atoms with Crippen LogP contribution in [0.25, 0.3) is 0 Å². The predicted molar refractivity (Wildman–Crippen MR) is 74.7 cm³/mol. The van der Waals surface area contributed by atoms with Crippen LogP contribution < -0.4 is 14.8 Å². The molecular weight excluding hydrogens is 266 g/mol. The molecule has 2 N–H and O–H groups in total. The largest absolute Gasteiger partial charge is 0.495 e. The first-order chi connectivity index (χ1) is 9.03. The van der Waals surface area contributed by atoms with Crippen molar-refractivity contribution in [1.82, 2.24) is 9.62 Å². The van der Waals surface area contributed by atoms with Crippen molar-refractivity contribution in [3.63, 3.8) is 0 Å². The number of nitrogens with one attached hydrogen (secondary N) is 2. The average Bonchev–Trinajstić information content (AvgIpc) is 2.39. The molecule has 0 radical (unpaired) electrons. The Kier molecular flexibility index (Phi) is 4.28. The summed E-state index contributed by atoms with van der Waals surface area (Å²) >= 11 is 0. The highest BCUT2D eigenvalue weighted by atomic mass is 32.2. The van der Waals surface area contributed by atoms with Crippen molar-refractivity contribution in [1.29, 1.82) is 0 Å². The van der Waals surface area contributed by atoms with E-state index in [-0.39, 0.29) is 0 Å². The molecule has 1 heterocycles. The zero-order chi connectivity index (χ0) is 13.9. The van der Waals surface area contributed by atoms with Crippen molar-refractivity contribution in [3.05, 3.63) is 23.8 Å². The summed E-state index contributed by atoms with van der Waals surface area (Å²) in [4.78, 5) is 0. The monoisotopic (exact) mass is 285 g/mol. The SMILES string of the molecule is COc1ccc(C)cc1NS(=O)(=O)N1CCNCC1. The van der Waals surface area contributed by atoms with Gasteiger partial charge in [0.05, 0.1) is 12.8 Å². The van der Waals surface area contributed by atoms with Gasteiger partial charge in [-0.15, -0.1) is 0 Å². The van der Waals surface area contributed by atoms with Gasteiger partial charge in [-0.25, -0.2) is 0 Å². The predicted octanol–water partition coefficient (Wildman–Crippen LogP) is 0.566. The van der Waals surface area contributed by atoms with Crippen molar-refractivity contribution < 1.29 is 13.2 Å². The molecule has 0 amide bonds. The molecule has 7 heteroatoms. The lowest BCUT2D eigenvalue weighted by atomic mass is 10.2. The van der Waals surface area contributed by atoms with Gasteiger partial charge in [-0.05, 0) is 24.6 Å². The fourth-order valence-electron chi connectivity index (χ4n) is 1.99. The minimum Gasteiger partial charge on any atom is -0.495 e. The maximum atomic E-state index is 12.3. The van der Waals surface area contributed by atoms with E-state index in [4.69, 9.17) is 4.74 Å². The molecule has 1 aliphatic rings. The molecule has 0 unspecified atom stereocenters. The lowest BCUT2D eigenvalue weighted by molar-refractivity contribution is 0.362. The van der Waals surface area contributed by atoms with Gasteiger partial charge in [-0.3, -0.25) is 4.72 Å². The highest BCUT2D eigenvalue weighted by Gasteiger charge is 2.24. The Hall–Kier alpha value is -1.31. The molecule has 2 rings (SSSR count). The van der Waals surface area contributed by atoms with Gasteiger partial charge in [-0.1, -0.05) is 6.07 Å². The number of methoxy groups -OCH3 is 1. The minimum absolute atomic E-state index is 0.473. The zero-order valence-corrected chi connectivity index (χ0v) is 12.0. The van der Waals surface area contributed by atoms with Crippen LogP contribution in [0.4, 0.5) is 5.69 Å². The van der Waals surface area contributed by atoms with Crippen LogP contribution in [0.3, 0.4) is 0 Å². The summed E-state index contributed by atoms with van der Waals surface area (Å²) in [5, 5.41) is 3.12. The molecule has 0 spiro atoms. The molecule has 0 aromatic heterocycles. The van der Waals surface area contributed by atoms with Gasteiger partial charge in [0.25, 0.3) is 0 Å². The Balaban J connectivity index is 2.21. The van der Waals surface area contributed by atoms with E-state index in [1.807, 2.05) is 13.0 Å². The molecule has 106 valence electrons. The second-order valence-electron chi connectivity index (χ2n) is 4.46. The number of nitrogens with zero attached hydrogens (tertiary/aromatic N) is 1. The molecule has 1 aromatic carbocycles. The van der Waals surface area contributed by atoms with E-state index in [0.717, 1.165) is 5.56 Å². The Labute approximate surface area is 113 Å². The zero-order valence-electron chi connectivity index (χ0n) is 11.1.